The Morgan fingerprint density at radius 3 is 1.64 bits per heavy atom. The normalized spacial score (nSPS) is 16.9. The van der Waals surface area contributed by atoms with E-state index in [1.807, 2.05) is 31.2 Å². The highest BCUT2D eigenvalue weighted by Gasteiger charge is 2.24. The van der Waals surface area contributed by atoms with E-state index in [9.17, 15) is 14.0 Å². The lowest BCUT2D eigenvalue weighted by Crippen LogP contribution is -2.22. The van der Waals surface area contributed by atoms with Crippen LogP contribution in [-0.2, 0) is 9.59 Å². The van der Waals surface area contributed by atoms with Crippen molar-refractivity contribution in [2.24, 2.45) is 11.8 Å². The van der Waals surface area contributed by atoms with E-state index < -0.39 is 0 Å². The van der Waals surface area contributed by atoms with Crippen molar-refractivity contribution in [3.8, 4) is 11.5 Å². The molecule has 178 valence electrons. The Kier molecular flexibility index (Phi) is 9.47. The fourth-order valence-corrected chi connectivity index (χ4v) is 4.32. The van der Waals surface area contributed by atoms with Crippen LogP contribution in [0.25, 0.3) is 0 Å². The lowest BCUT2D eigenvalue weighted by Gasteiger charge is -2.19. The first-order valence-electron chi connectivity index (χ1n) is 12.2. The summed E-state index contributed by atoms with van der Waals surface area (Å²) in [5, 5.41) is 0. The maximum Gasteiger partial charge on any atom is 0.314 e. The highest BCUT2D eigenvalue weighted by Crippen LogP contribution is 2.27. The molecule has 2 aliphatic carbocycles. The van der Waals surface area contributed by atoms with Crippen molar-refractivity contribution in [1.29, 1.82) is 0 Å². The molecular weight excluding hydrogens is 419 g/mol. The second-order valence-corrected chi connectivity index (χ2v) is 9.24. The van der Waals surface area contributed by atoms with Crippen LogP contribution in [0.2, 0.25) is 0 Å². The summed E-state index contributed by atoms with van der Waals surface area (Å²) in [4.78, 5) is 23.6. The van der Waals surface area contributed by atoms with Crippen molar-refractivity contribution < 1.29 is 23.5 Å². The highest BCUT2D eigenvalue weighted by atomic mass is 19.1. The minimum absolute atomic E-state index is 0.00638. The molecule has 33 heavy (non-hydrogen) atoms. The molecule has 2 aromatic rings. The Balaban J connectivity index is 0.000000186. The van der Waals surface area contributed by atoms with Crippen molar-refractivity contribution in [1.82, 2.24) is 0 Å². The summed E-state index contributed by atoms with van der Waals surface area (Å²) in [5.41, 5.74) is 1.74. The molecule has 5 heteroatoms. The van der Waals surface area contributed by atoms with Crippen LogP contribution >= 0.6 is 0 Å². The third kappa shape index (κ3) is 7.99. The third-order valence-electron chi connectivity index (χ3n) is 6.48. The van der Waals surface area contributed by atoms with E-state index in [0.29, 0.717) is 17.1 Å². The summed E-state index contributed by atoms with van der Waals surface area (Å²) in [6.07, 6.45) is 10.7. The molecule has 0 aliphatic heterocycles. The van der Waals surface area contributed by atoms with E-state index >= 15 is 0 Å². The molecule has 0 atom stereocenters. The molecule has 4 nitrogen and oxygen atoms in total. The molecule has 0 saturated heterocycles. The monoisotopic (exact) mass is 454 g/mol. The molecule has 0 amide bonds. The van der Waals surface area contributed by atoms with Crippen LogP contribution < -0.4 is 9.47 Å². The number of carbonyl (C=O) groups excluding carboxylic acids is 2. The quantitative estimate of drug-likeness (QED) is 0.365. The van der Waals surface area contributed by atoms with Gasteiger partial charge in [0, 0.05) is 6.07 Å². The second-order valence-electron chi connectivity index (χ2n) is 9.24. The molecule has 2 aromatic carbocycles. The third-order valence-corrected chi connectivity index (χ3v) is 6.48. The van der Waals surface area contributed by atoms with Crippen LogP contribution in [0, 0.1) is 31.5 Å². The lowest BCUT2D eigenvalue weighted by atomic mass is 9.89. The minimum Gasteiger partial charge on any atom is -0.426 e. The van der Waals surface area contributed by atoms with Gasteiger partial charge in [-0.1, -0.05) is 62.3 Å². The predicted octanol–water partition coefficient (Wildman–Crippen LogP) is 7.10. The van der Waals surface area contributed by atoms with Crippen LogP contribution in [0.1, 0.15) is 75.3 Å². The average Bonchev–Trinajstić information content (AvgIpc) is 2.84. The van der Waals surface area contributed by atoms with Gasteiger partial charge in [0.2, 0.25) is 0 Å². The molecule has 0 N–H and O–H groups in total. The molecule has 0 heterocycles. The van der Waals surface area contributed by atoms with Gasteiger partial charge >= 0.3 is 11.9 Å². The predicted molar refractivity (Wildman–Crippen MR) is 127 cm³/mol. The summed E-state index contributed by atoms with van der Waals surface area (Å²) in [7, 11) is 0. The van der Waals surface area contributed by atoms with Gasteiger partial charge in [0.25, 0.3) is 0 Å². The first-order chi connectivity index (χ1) is 15.9. The van der Waals surface area contributed by atoms with Crippen LogP contribution in [0.3, 0.4) is 0 Å². The van der Waals surface area contributed by atoms with Gasteiger partial charge in [-0.2, -0.15) is 0 Å². The number of ether oxygens (including phenoxy) is 2. The zero-order chi connectivity index (χ0) is 23.6. The van der Waals surface area contributed by atoms with Gasteiger partial charge in [-0.05, 0) is 63.3 Å². The number of hydrogen-bond donors (Lipinski definition) is 0. The molecule has 0 aromatic heterocycles. The zero-order valence-corrected chi connectivity index (χ0v) is 19.8. The molecule has 4 rings (SSSR count). The number of esters is 2. The molecule has 0 unspecified atom stereocenters. The molecular formula is C28H35FO4. The van der Waals surface area contributed by atoms with Crippen molar-refractivity contribution in [2.45, 2.75) is 78.1 Å². The first-order valence-corrected chi connectivity index (χ1v) is 12.2. The van der Waals surface area contributed by atoms with Gasteiger partial charge in [-0.25, -0.2) is 4.39 Å². The van der Waals surface area contributed by atoms with E-state index in [1.165, 1.54) is 24.5 Å². The average molecular weight is 455 g/mol. The largest absolute Gasteiger partial charge is 0.426 e. The Hall–Kier alpha value is -2.69. The smallest absolute Gasteiger partial charge is 0.314 e. The summed E-state index contributed by atoms with van der Waals surface area (Å²) >= 11 is 0. The Bertz CT molecular complexity index is 910. The van der Waals surface area contributed by atoms with Crippen LogP contribution in [-0.4, -0.2) is 11.9 Å². The summed E-state index contributed by atoms with van der Waals surface area (Å²) in [6.45, 7) is 3.70. The van der Waals surface area contributed by atoms with Gasteiger partial charge in [0.15, 0.2) is 0 Å². The van der Waals surface area contributed by atoms with Crippen molar-refractivity contribution >= 4 is 11.9 Å². The Morgan fingerprint density at radius 2 is 1.15 bits per heavy atom. The fourth-order valence-electron chi connectivity index (χ4n) is 4.32. The summed E-state index contributed by atoms with van der Waals surface area (Å²) < 4.78 is 23.9. The summed E-state index contributed by atoms with van der Waals surface area (Å²) in [6, 6.07) is 12.2. The highest BCUT2D eigenvalue weighted by molar-refractivity contribution is 5.75. The van der Waals surface area contributed by atoms with E-state index in [2.05, 4.69) is 0 Å². The zero-order valence-electron chi connectivity index (χ0n) is 19.8. The van der Waals surface area contributed by atoms with E-state index in [4.69, 9.17) is 9.47 Å². The van der Waals surface area contributed by atoms with E-state index in [-0.39, 0.29) is 29.6 Å². The molecule has 2 fully saturated rings. The standard InChI is InChI=1S/C14H17FO2.C14H18O2/c1-10-7-8-12(9-13(10)15)17-14(16)11-5-3-2-4-6-11;1-11-7-9-13(10-8-11)16-14(15)12-5-3-2-4-6-12/h7-9,11H,2-6H2,1H3;7-10,12H,2-6H2,1H3. The lowest BCUT2D eigenvalue weighted by molar-refractivity contribution is -0.140. The molecule has 2 saturated carbocycles. The van der Waals surface area contributed by atoms with Crippen molar-refractivity contribution in [3.63, 3.8) is 0 Å². The van der Waals surface area contributed by atoms with Crippen molar-refractivity contribution in [3.05, 3.63) is 59.4 Å². The minimum atomic E-state index is -0.334. The van der Waals surface area contributed by atoms with Crippen LogP contribution in [0.4, 0.5) is 4.39 Å². The fraction of sp³-hybridized carbons (Fsp3) is 0.500. The maximum absolute atomic E-state index is 13.3. The summed E-state index contributed by atoms with van der Waals surface area (Å²) in [5.74, 6) is 0.489. The number of hydrogen-bond acceptors (Lipinski definition) is 4. The number of carbonyl (C=O) groups is 2. The van der Waals surface area contributed by atoms with Crippen LogP contribution in [0.5, 0.6) is 11.5 Å². The van der Waals surface area contributed by atoms with Gasteiger partial charge in [-0.15, -0.1) is 0 Å². The van der Waals surface area contributed by atoms with Gasteiger partial charge < -0.3 is 9.47 Å². The second kappa shape index (κ2) is 12.5. The number of benzene rings is 2. The van der Waals surface area contributed by atoms with Crippen molar-refractivity contribution in [2.75, 3.05) is 0 Å². The Labute approximate surface area is 196 Å². The number of halogens is 1. The van der Waals surface area contributed by atoms with E-state index in [0.717, 1.165) is 51.4 Å². The number of rotatable bonds is 4. The SMILES string of the molecule is Cc1ccc(OC(=O)C2CCCCC2)cc1.Cc1ccc(OC(=O)C2CCCCC2)cc1F. The van der Waals surface area contributed by atoms with Crippen LogP contribution in [0.15, 0.2) is 42.5 Å². The topological polar surface area (TPSA) is 52.6 Å². The van der Waals surface area contributed by atoms with Gasteiger partial charge in [-0.3, -0.25) is 9.59 Å². The molecule has 0 bridgehead atoms. The Morgan fingerprint density at radius 1 is 0.697 bits per heavy atom. The van der Waals surface area contributed by atoms with Gasteiger partial charge in [0.05, 0.1) is 11.8 Å². The van der Waals surface area contributed by atoms with E-state index in [1.54, 1.807) is 19.1 Å². The number of aryl methyl sites for hydroxylation is 2. The molecule has 0 spiro atoms. The molecule has 2 aliphatic rings. The first kappa shape index (κ1) is 24.9. The van der Waals surface area contributed by atoms with Gasteiger partial charge in [0.1, 0.15) is 17.3 Å². The molecule has 0 radical (unpaired) electrons. The maximum atomic E-state index is 13.3.